The molecule has 1 N–H and O–H groups in total. The first-order valence-electron chi connectivity index (χ1n) is 8.41. The van der Waals surface area contributed by atoms with Crippen LogP contribution in [0.15, 0.2) is 0 Å². The van der Waals surface area contributed by atoms with Gasteiger partial charge in [-0.1, -0.05) is 44.9 Å². The highest BCUT2D eigenvalue weighted by molar-refractivity contribution is 4.72. The van der Waals surface area contributed by atoms with Gasteiger partial charge in [-0.15, -0.1) is 0 Å². The van der Waals surface area contributed by atoms with Crippen molar-refractivity contribution in [3.63, 3.8) is 0 Å². The lowest BCUT2D eigenvalue weighted by atomic mass is 10.1. The quantitative estimate of drug-likeness (QED) is 0.770. The normalized spacial score (nSPS) is 25.3. The molecule has 2 nitrogen and oxygen atoms in total. The highest BCUT2D eigenvalue weighted by Gasteiger charge is 2.12. The van der Waals surface area contributed by atoms with Crippen molar-refractivity contribution in [3.05, 3.63) is 0 Å². The third kappa shape index (κ3) is 5.71. The molecular formula is C16H32N2. The highest BCUT2D eigenvalue weighted by atomic mass is 15.1. The van der Waals surface area contributed by atoms with Crippen LogP contribution in [0.3, 0.4) is 0 Å². The monoisotopic (exact) mass is 252 g/mol. The van der Waals surface area contributed by atoms with Gasteiger partial charge >= 0.3 is 0 Å². The van der Waals surface area contributed by atoms with Crippen molar-refractivity contribution in [1.29, 1.82) is 0 Å². The fraction of sp³-hybridized carbons (Fsp3) is 1.00. The lowest BCUT2D eigenvalue weighted by Gasteiger charge is -2.25. The van der Waals surface area contributed by atoms with Gasteiger partial charge in [0.1, 0.15) is 0 Å². The Kier molecular flexibility index (Phi) is 7.11. The van der Waals surface area contributed by atoms with E-state index in [0.717, 1.165) is 6.04 Å². The number of nitrogens with one attached hydrogen (secondary N) is 1. The summed E-state index contributed by atoms with van der Waals surface area (Å²) in [5.74, 6) is 0. The van der Waals surface area contributed by atoms with Crippen LogP contribution in [0.4, 0.5) is 0 Å². The minimum atomic E-state index is 0.822. The second-order valence-electron chi connectivity index (χ2n) is 6.25. The number of hydrogen-bond donors (Lipinski definition) is 1. The largest absolute Gasteiger partial charge is 0.313 e. The molecule has 0 radical (unpaired) electrons. The van der Waals surface area contributed by atoms with Crippen LogP contribution in [-0.4, -0.2) is 37.1 Å². The van der Waals surface area contributed by atoms with Crippen LogP contribution < -0.4 is 5.32 Å². The molecule has 0 aromatic rings. The molecule has 0 spiro atoms. The summed E-state index contributed by atoms with van der Waals surface area (Å²) in [5.41, 5.74) is 0. The molecule has 2 rings (SSSR count). The van der Waals surface area contributed by atoms with Crippen molar-refractivity contribution in [1.82, 2.24) is 10.2 Å². The average molecular weight is 252 g/mol. The molecule has 1 saturated heterocycles. The predicted octanol–water partition coefficient (Wildman–Crippen LogP) is 3.56. The van der Waals surface area contributed by atoms with E-state index in [1.54, 1.807) is 0 Å². The smallest absolute Gasteiger partial charge is 0.0107 e. The summed E-state index contributed by atoms with van der Waals surface area (Å²) in [4.78, 5) is 2.68. The first kappa shape index (κ1) is 14.3. The van der Waals surface area contributed by atoms with Gasteiger partial charge in [-0.05, 0) is 38.8 Å². The molecule has 18 heavy (non-hydrogen) atoms. The Labute approximate surface area is 114 Å². The summed E-state index contributed by atoms with van der Waals surface area (Å²) in [6.07, 6.45) is 15.9. The third-order valence-electron chi connectivity index (χ3n) is 4.66. The van der Waals surface area contributed by atoms with Crippen molar-refractivity contribution < 1.29 is 0 Å². The van der Waals surface area contributed by atoms with E-state index in [1.165, 1.54) is 96.8 Å². The minimum absolute atomic E-state index is 0.822. The zero-order valence-electron chi connectivity index (χ0n) is 12.1. The van der Waals surface area contributed by atoms with Crippen molar-refractivity contribution in [2.75, 3.05) is 26.2 Å². The van der Waals surface area contributed by atoms with Crippen molar-refractivity contribution in [2.45, 2.75) is 76.7 Å². The number of nitrogens with zero attached hydrogens (tertiary/aromatic N) is 1. The van der Waals surface area contributed by atoms with E-state index in [9.17, 15) is 0 Å². The molecule has 1 saturated carbocycles. The zero-order chi connectivity index (χ0) is 12.5. The summed E-state index contributed by atoms with van der Waals surface area (Å²) in [6, 6.07) is 0.822. The maximum atomic E-state index is 3.80. The van der Waals surface area contributed by atoms with Gasteiger partial charge in [0, 0.05) is 19.1 Å². The molecule has 0 amide bonds. The van der Waals surface area contributed by atoms with Crippen LogP contribution in [0, 0.1) is 0 Å². The Morgan fingerprint density at radius 1 is 0.722 bits per heavy atom. The number of rotatable bonds is 4. The zero-order valence-corrected chi connectivity index (χ0v) is 12.1. The average Bonchev–Trinajstić information content (AvgIpc) is 2.60. The first-order valence-corrected chi connectivity index (χ1v) is 8.41. The maximum absolute atomic E-state index is 3.80. The Morgan fingerprint density at radius 3 is 1.94 bits per heavy atom. The summed E-state index contributed by atoms with van der Waals surface area (Å²) >= 11 is 0. The Hall–Kier alpha value is -0.0800. The van der Waals surface area contributed by atoms with Gasteiger partial charge in [-0.25, -0.2) is 0 Å². The molecule has 2 fully saturated rings. The SMILES string of the molecule is C1CCCN(CCNC2CCCCCC2)CCC1. The molecule has 0 aromatic carbocycles. The molecule has 0 atom stereocenters. The standard InChI is InChI=1S/C16H32N2/c1-4-8-13-18(14-9-5-1)15-12-17-16-10-6-2-3-7-11-16/h16-17H,1-15H2. The predicted molar refractivity (Wildman–Crippen MR) is 79.0 cm³/mol. The Balaban J connectivity index is 1.57. The molecule has 0 bridgehead atoms. The summed E-state index contributed by atoms with van der Waals surface area (Å²) < 4.78 is 0. The topological polar surface area (TPSA) is 15.3 Å². The molecule has 2 heteroatoms. The molecule has 0 aromatic heterocycles. The first-order chi connectivity index (χ1) is 8.95. The van der Waals surface area contributed by atoms with Crippen LogP contribution in [0.25, 0.3) is 0 Å². The molecular weight excluding hydrogens is 220 g/mol. The molecule has 106 valence electrons. The van der Waals surface area contributed by atoms with E-state index in [1.807, 2.05) is 0 Å². The van der Waals surface area contributed by atoms with E-state index in [4.69, 9.17) is 0 Å². The van der Waals surface area contributed by atoms with Crippen molar-refractivity contribution in [2.24, 2.45) is 0 Å². The van der Waals surface area contributed by atoms with Gasteiger partial charge in [-0.2, -0.15) is 0 Å². The van der Waals surface area contributed by atoms with Crippen LogP contribution in [0.5, 0.6) is 0 Å². The van der Waals surface area contributed by atoms with Crippen LogP contribution in [-0.2, 0) is 0 Å². The molecule has 1 heterocycles. The van der Waals surface area contributed by atoms with E-state index in [-0.39, 0.29) is 0 Å². The fourth-order valence-corrected chi connectivity index (χ4v) is 3.45. The lowest BCUT2D eigenvalue weighted by Crippen LogP contribution is -2.38. The van der Waals surface area contributed by atoms with E-state index in [0.29, 0.717) is 0 Å². The van der Waals surface area contributed by atoms with Gasteiger partial charge in [-0.3, -0.25) is 0 Å². The van der Waals surface area contributed by atoms with Gasteiger partial charge in [0.15, 0.2) is 0 Å². The molecule has 2 aliphatic rings. The molecule has 0 unspecified atom stereocenters. The van der Waals surface area contributed by atoms with E-state index in [2.05, 4.69) is 10.2 Å². The Bertz CT molecular complexity index is 189. The third-order valence-corrected chi connectivity index (χ3v) is 4.66. The van der Waals surface area contributed by atoms with Crippen molar-refractivity contribution >= 4 is 0 Å². The lowest BCUT2D eigenvalue weighted by molar-refractivity contribution is 0.242. The van der Waals surface area contributed by atoms with E-state index >= 15 is 0 Å². The summed E-state index contributed by atoms with van der Waals surface area (Å²) in [6.45, 7) is 5.17. The highest BCUT2D eigenvalue weighted by Crippen LogP contribution is 2.17. The second kappa shape index (κ2) is 8.92. The molecule has 1 aliphatic heterocycles. The number of hydrogen-bond acceptors (Lipinski definition) is 2. The van der Waals surface area contributed by atoms with Crippen LogP contribution >= 0.6 is 0 Å². The summed E-state index contributed by atoms with van der Waals surface area (Å²) in [7, 11) is 0. The number of likely N-dealkylation sites (tertiary alicyclic amines) is 1. The molecule has 1 aliphatic carbocycles. The van der Waals surface area contributed by atoms with Gasteiger partial charge in [0.25, 0.3) is 0 Å². The van der Waals surface area contributed by atoms with Crippen LogP contribution in [0.2, 0.25) is 0 Å². The Morgan fingerprint density at radius 2 is 1.28 bits per heavy atom. The maximum Gasteiger partial charge on any atom is 0.0107 e. The van der Waals surface area contributed by atoms with Gasteiger partial charge in [0.05, 0.1) is 0 Å². The fourth-order valence-electron chi connectivity index (χ4n) is 3.45. The van der Waals surface area contributed by atoms with E-state index < -0.39 is 0 Å². The summed E-state index contributed by atoms with van der Waals surface area (Å²) in [5, 5.41) is 3.80. The van der Waals surface area contributed by atoms with Gasteiger partial charge < -0.3 is 10.2 Å². The minimum Gasteiger partial charge on any atom is -0.313 e. The van der Waals surface area contributed by atoms with Crippen molar-refractivity contribution in [3.8, 4) is 0 Å². The second-order valence-corrected chi connectivity index (χ2v) is 6.25. The van der Waals surface area contributed by atoms with Gasteiger partial charge in [0.2, 0.25) is 0 Å². The van der Waals surface area contributed by atoms with Crippen LogP contribution in [0.1, 0.15) is 70.6 Å².